The second-order valence-electron chi connectivity index (χ2n) is 5.81. The van der Waals surface area contributed by atoms with Crippen molar-refractivity contribution in [2.24, 2.45) is 0 Å². The largest absolute Gasteiger partial charge is 0.444 e. The van der Waals surface area contributed by atoms with Crippen molar-refractivity contribution in [3.63, 3.8) is 0 Å². The number of carbonyl (C=O) groups excluding carboxylic acids is 2. The normalized spacial score (nSPS) is 14.0. The molecule has 0 saturated carbocycles. The van der Waals surface area contributed by atoms with Crippen molar-refractivity contribution in [2.45, 2.75) is 57.9 Å². The molecule has 4 nitrogen and oxygen atoms in total. The molecule has 5 heteroatoms. The van der Waals surface area contributed by atoms with Gasteiger partial charge in [-0.15, -0.1) is 0 Å². The van der Waals surface area contributed by atoms with Crippen LogP contribution in [0.4, 0.5) is 4.79 Å². The molecule has 0 aliphatic rings. The van der Waals surface area contributed by atoms with Gasteiger partial charge in [0.1, 0.15) is 11.9 Å². The number of carbonyl (C=O) groups is 2. The van der Waals surface area contributed by atoms with Gasteiger partial charge in [-0.2, -0.15) is 11.8 Å². The van der Waals surface area contributed by atoms with E-state index in [4.69, 9.17) is 4.74 Å². The van der Waals surface area contributed by atoms with E-state index in [9.17, 15) is 9.59 Å². The monoisotopic (exact) mass is 261 g/mol. The van der Waals surface area contributed by atoms with Gasteiger partial charge in [-0.3, -0.25) is 0 Å². The molecule has 0 radical (unpaired) electrons. The molecular weight excluding hydrogens is 238 g/mol. The maximum absolute atomic E-state index is 11.5. The molecule has 0 aliphatic heterocycles. The minimum Gasteiger partial charge on any atom is -0.444 e. The fourth-order valence-corrected chi connectivity index (χ4v) is 1.76. The minimum atomic E-state index is -0.552. The van der Waals surface area contributed by atoms with Gasteiger partial charge in [0.15, 0.2) is 0 Å². The molecule has 0 spiro atoms. The summed E-state index contributed by atoms with van der Waals surface area (Å²) in [4.78, 5) is 22.3. The fourth-order valence-electron chi connectivity index (χ4n) is 0.914. The first-order valence-corrected chi connectivity index (χ1v) is 6.61. The van der Waals surface area contributed by atoms with Gasteiger partial charge in [-0.25, -0.2) is 4.79 Å². The molecule has 100 valence electrons. The lowest BCUT2D eigenvalue weighted by Crippen LogP contribution is -2.41. The lowest BCUT2D eigenvalue weighted by Gasteiger charge is -2.23. The Morgan fingerprint density at radius 2 is 1.82 bits per heavy atom. The Morgan fingerprint density at radius 1 is 1.29 bits per heavy atom. The SMILES string of the molecule is CC(C)(C)OC(=O)NC(C=O)CSC(C)(C)C. The predicted molar refractivity (Wildman–Crippen MR) is 71.4 cm³/mol. The molecule has 0 aromatic heterocycles. The highest BCUT2D eigenvalue weighted by molar-refractivity contribution is 8.00. The van der Waals surface area contributed by atoms with Crippen molar-refractivity contribution >= 4 is 24.1 Å². The average Bonchev–Trinajstić information content (AvgIpc) is 2.07. The van der Waals surface area contributed by atoms with Crippen LogP contribution in [0.1, 0.15) is 41.5 Å². The zero-order valence-electron chi connectivity index (χ0n) is 11.5. The van der Waals surface area contributed by atoms with Crippen molar-refractivity contribution < 1.29 is 14.3 Å². The smallest absolute Gasteiger partial charge is 0.408 e. The first-order valence-electron chi connectivity index (χ1n) is 5.62. The van der Waals surface area contributed by atoms with E-state index in [1.165, 1.54) is 0 Å². The lowest BCUT2D eigenvalue weighted by atomic mass is 10.2. The van der Waals surface area contributed by atoms with E-state index in [-0.39, 0.29) is 4.75 Å². The van der Waals surface area contributed by atoms with E-state index in [0.717, 1.165) is 6.29 Å². The van der Waals surface area contributed by atoms with E-state index < -0.39 is 17.7 Å². The van der Waals surface area contributed by atoms with Gasteiger partial charge in [0, 0.05) is 10.5 Å². The number of aldehydes is 1. The summed E-state index contributed by atoms with van der Waals surface area (Å²) in [6.07, 6.45) is 0.187. The van der Waals surface area contributed by atoms with Crippen LogP contribution in [0.3, 0.4) is 0 Å². The third kappa shape index (κ3) is 10.2. The number of amides is 1. The second-order valence-corrected chi connectivity index (χ2v) is 7.66. The van der Waals surface area contributed by atoms with Gasteiger partial charge in [-0.05, 0) is 20.8 Å². The van der Waals surface area contributed by atoms with Gasteiger partial charge in [-0.1, -0.05) is 20.8 Å². The minimum absolute atomic E-state index is 0.0663. The number of rotatable bonds is 4. The Balaban J connectivity index is 4.14. The maximum Gasteiger partial charge on any atom is 0.408 e. The zero-order chi connectivity index (χ0) is 13.7. The first kappa shape index (κ1) is 16.3. The zero-order valence-corrected chi connectivity index (χ0v) is 12.3. The number of hydrogen-bond donors (Lipinski definition) is 1. The molecule has 1 amide bonds. The van der Waals surface area contributed by atoms with Crippen LogP contribution in [-0.4, -0.2) is 34.5 Å². The third-order valence-electron chi connectivity index (χ3n) is 1.56. The Kier molecular flexibility index (Phi) is 6.02. The first-order chi connectivity index (χ1) is 7.53. The number of hydrogen-bond acceptors (Lipinski definition) is 4. The number of thioether (sulfide) groups is 1. The van der Waals surface area contributed by atoms with Crippen molar-refractivity contribution in [1.82, 2.24) is 5.32 Å². The summed E-state index contributed by atoms with van der Waals surface area (Å²) in [6, 6.07) is -0.505. The molecule has 0 aromatic carbocycles. The Bertz CT molecular complexity index is 266. The molecule has 1 atom stereocenters. The van der Waals surface area contributed by atoms with Crippen LogP contribution >= 0.6 is 11.8 Å². The lowest BCUT2D eigenvalue weighted by molar-refractivity contribution is -0.109. The van der Waals surface area contributed by atoms with Gasteiger partial charge >= 0.3 is 6.09 Å². The molecule has 0 fully saturated rings. The molecule has 0 bridgehead atoms. The molecule has 17 heavy (non-hydrogen) atoms. The average molecular weight is 261 g/mol. The standard InChI is InChI=1S/C12H23NO3S/c1-11(2,3)16-10(15)13-9(7-14)8-17-12(4,5)6/h7,9H,8H2,1-6H3,(H,13,15). The number of ether oxygens (including phenoxy) is 1. The van der Waals surface area contributed by atoms with E-state index in [1.807, 2.05) is 0 Å². The highest BCUT2D eigenvalue weighted by Crippen LogP contribution is 2.23. The highest BCUT2D eigenvalue weighted by atomic mass is 32.2. The predicted octanol–water partition coefficient (Wildman–Crippen LogP) is 2.61. The highest BCUT2D eigenvalue weighted by Gasteiger charge is 2.21. The van der Waals surface area contributed by atoms with Crippen LogP contribution in [-0.2, 0) is 9.53 Å². The van der Waals surface area contributed by atoms with E-state index >= 15 is 0 Å². The molecule has 0 aromatic rings. The molecular formula is C12H23NO3S. The van der Waals surface area contributed by atoms with Crippen LogP contribution < -0.4 is 5.32 Å². The summed E-state index contributed by atoms with van der Waals surface area (Å²) in [6.45, 7) is 11.5. The Morgan fingerprint density at radius 3 is 2.18 bits per heavy atom. The molecule has 0 aliphatic carbocycles. The molecule has 0 rings (SSSR count). The van der Waals surface area contributed by atoms with Crippen molar-refractivity contribution in [2.75, 3.05) is 5.75 Å². The van der Waals surface area contributed by atoms with Crippen LogP contribution in [0.25, 0.3) is 0 Å². The third-order valence-corrected chi connectivity index (χ3v) is 2.95. The summed E-state index contributed by atoms with van der Waals surface area (Å²) in [5.41, 5.74) is -0.547. The molecule has 0 heterocycles. The number of alkyl carbamates (subject to hydrolysis) is 1. The summed E-state index contributed by atoms with van der Waals surface area (Å²) in [5.74, 6) is 0.548. The van der Waals surface area contributed by atoms with Crippen LogP contribution in [0, 0.1) is 0 Å². The molecule has 0 saturated heterocycles. The number of nitrogens with one attached hydrogen (secondary N) is 1. The summed E-state index contributed by atoms with van der Waals surface area (Å²) in [5, 5.41) is 2.55. The quantitative estimate of drug-likeness (QED) is 0.790. The Hall–Kier alpha value is -0.710. The second kappa shape index (κ2) is 6.28. The van der Waals surface area contributed by atoms with E-state index in [0.29, 0.717) is 5.75 Å². The van der Waals surface area contributed by atoms with Gasteiger partial charge in [0.25, 0.3) is 0 Å². The van der Waals surface area contributed by atoms with Crippen LogP contribution in [0.5, 0.6) is 0 Å². The molecule has 1 unspecified atom stereocenters. The summed E-state index contributed by atoms with van der Waals surface area (Å²) in [7, 11) is 0. The topological polar surface area (TPSA) is 55.4 Å². The van der Waals surface area contributed by atoms with Crippen molar-refractivity contribution in [3.05, 3.63) is 0 Å². The van der Waals surface area contributed by atoms with Gasteiger partial charge in [0.05, 0.1) is 6.04 Å². The van der Waals surface area contributed by atoms with Crippen molar-refractivity contribution in [3.8, 4) is 0 Å². The van der Waals surface area contributed by atoms with E-state index in [1.54, 1.807) is 32.5 Å². The van der Waals surface area contributed by atoms with E-state index in [2.05, 4.69) is 26.1 Å². The van der Waals surface area contributed by atoms with Crippen LogP contribution in [0.15, 0.2) is 0 Å². The fraction of sp³-hybridized carbons (Fsp3) is 0.833. The maximum atomic E-state index is 11.5. The van der Waals surface area contributed by atoms with Gasteiger partial charge in [0.2, 0.25) is 0 Å². The van der Waals surface area contributed by atoms with Crippen LogP contribution in [0.2, 0.25) is 0 Å². The van der Waals surface area contributed by atoms with Crippen molar-refractivity contribution in [1.29, 1.82) is 0 Å². The Labute approximate surface area is 108 Å². The van der Waals surface area contributed by atoms with Gasteiger partial charge < -0.3 is 14.8 Å². The summed E-state index contributed by atoms with van der Waals surface area (Å²) < 4.78 is 5.15. The summed E-state index contributed by atoms with van der Waals surface area (Å²) >= 11 is 1.62. The molecule has 1 N–H and O–H groups in total.